The Labute approximate surface area is 176 Å². The molecule has 12 heteroatoms. The number of rotatable bonds is 11. The lowest BCUT2D eigenvalue weighted by molar-refractivity contribution is -0.120. The first-order chi connectivity index (χ1) is 14.4. The fourth-order valence-corrected chi connectivity index (χ4v) is 2.54. The SMILES string of the molecule is CCCOc1c(Cl)cc(/C=N/NC(=O)CCNc2n[nH]c(=O)[nH]c2=O)cc1OCC. The maximum absolute atomic E-state index is 11.9. The van der Waals surface area contributed by atoms with Gasteiger partial charge in [0, 0.05) is 13.0 Å². The largest absolute Gasteiger partial charge is 0.490 e. The van der Waals surface area contributed by atoms with Crippen LogP contribution in [-0.4, -0.2) is 47.1 Å². The number of carbonyl (C=O) groups is 1. The van der Waals surface area contributed by atoms with Gasteiger partial charge in [0.25, 0.3) is 5.56 Å². The van der Waals surface area contributed by atoms with Gasteiger partial charge in [0.1, 0.15) is 0 Å². The summed E-state index contributed by atoms with van der Waals surface area (Å²) >= 11 is 6.28. The van der Waals surface area contributed by atoms with Crippen LogP contribution in [0.15, 0.2) is 26.8 Å². The minimum absolute atomic E-state index is 0.0202. The number of aromatic amines is 2. The molecule has 0 spiro atoms. The van der Waals surface area contributed by atoms with Gasteiger partial charge in [-0.3, -0.25) is 14.6 Å². The topological polar surface area (TPSA) is 151 Å². The second-order valence-corrected chi connectivity index (χ2v) is 6.34. The summed E-state index contributed by atoms with van der Waals surface area (Å²) < 4.78 is 11.2. The molecule has 1 aromatic carbocycles. The molecule has 162 valence electrons. The highest BCUT2D eigenvalue weighted by Gasteiger charge is 2.12. The van der Waals surface area contributed by atoms with E-state index in [1.54, 1.807) is 12.1 Å². The van der Waals surface area contributed by atoms with E-state index in [0.717, 1.165) is 6.42 Å². The number of H-pyrrole nitrogens is 2. The number of nitrogens with zero attached hydrogens (tertiary/aromatic N) is 2. The van der Waals surface area contributed by atoms with Crippen LogP contribution in [0.3, 0.4) is 0 Å². The summed E-state index contributed by atoms with van der Waals surface area (Å²) in [5.41, 5.74) is 1.60. The average molecular weight is 439 g/mol. The fraction of sp³-hybridized carbons (Fsp3) is 0.389. The van der Waals surface area contributed by atoms with Gasteiger partial charge in [-0.1, -0.05) is 18.5 Å². The van der Waals surface area contributed by atoms with E-state index >= 15 is 0 Å². The van der Waals surface area contributed by atoms with Crippen molar-refractivity contribution in [3.63, 3.8) is 0 Å². The molecule has 0 saturated carbocycles. The van der Waals surface area contributed by atoms with Gasteiger partial charge in [-0.2, -0.15) is 5.10 Å². The molecule has 0 radical (unpaired) electrons. The quantitative estimate of drug-likeness (QED) is 0.304. The average Bonchev–Trinajstić information content (AvgIpc) is 2.69. The number of amides is 1. The van der Waals surface area contributed by atoms with Crippen molar-refractivity contribution in [2.75, 3.05) is 25.1 Å². The Morgan fingerprint density at radius 2 is 2.10 bits per heavy atom. The second-order valence-electron chi connectivity index (χ2n) is 5.94. The minimum Gasteiger partial charge on any atom is -0.490 e. The molecule has 1 amide bonds. The summed E-state index contributed by atoms with van der Waals surface area (Å²) in [6, 6.07) is 3.37. The van der Waals surface area contributed by atoms with Gasteiger partial charge in [0.05, 0.1) is 24.5 Å². The maximum Gasteiger partial charge on any atom is 0.342 e. The molecule has 0 aliphatic heterocycles. The third kappa shape index (κ3) is 6.92. The molecule has 0 aliphatic carbocycles. The van der Waals surface area contributed by atoms with Gasteiger partial charge >= 0.3 is 5.69 Å². The number of ether oxygens (including phenoxy) is 2. The molecule has 0 saturated heterocycles. The smallest absolute Gasteiger partial charge is 0.342 e. The zero-order valence-corrected chi connectivity index (χ0v) is 17.3. The van der Waals surface area contributed by atoms with Crippen LogP contribution in [0.2, 0.25) is 5.02 Å². The van der Waals surface area contributed by atoms with Crippen molar-refractivity contribution in [1.82, 2.24) is 20.6 Å². The van der Waals surface area contributed by atoms with Crippen LogP contribution in [0.25, 0.3) is 0 Å². The van der Waals surface area contributed by atoms with E-state index < -0.39 is 17.2 Å². The third-order valence-electron chi connectivity index (χ3n) is 3.54. The van der Waals surface area contributed by atoms with E-state index in [1.807, 2.05) is 18.8 Å². The van der Waals surface area contributed by atoms with Crippen molar-refractivity contribution in [3.8, 4) is 11.5 Å². The van der Waals surface area contributed by atoms with Gasteiger partial charge in [-0.15, -0.1) is 5.10 Å². The highest BCUT2D eigenvalue weighted by molar-refractivity contribution is 6.32. The van der Waals surface area contributed by atoms with Crippen molar-refractivity contribution in [3.05, 3.63) is 43.6 Å². The van der Waals surface area contributed by atoms with Gasteiger partial charge in [-0.05, 0) is 31.0 Å². The molecular weight excluding hydrogens is 416 g/mol. The zero-order chi connectivity index (χ0) is 21.9. The number of hydrogen-bond acceptors (Lipinski definition) is 8. The van der Waals surface area contributed by atoms with Crippen LogP contribution in [0, 0.1) is 0 Å². The lowest BCUT2D eigenvalue weighted by Gasteiger charge is -2.13. The number of hydrogen-bond donors (Lipinski definition) is 4. The lowest BCUT2D eigenvalue weighted by atomic mass is 10.2. The standard InChI is InChI=1S/C18H23ClN6O5/c1-3-7-30-15-12(19)8-11(9-13(15)29-4-2)10-21-23-14(26)5-6-20-16-17(27)22-18(28)25-24-16/h8-10H,3-7H2,1-2H3,(H,20,24)(H,23,26)(H2,22,25,27,28)/b21-10+. The molecular formula is C18H23ClN6O5. The molecule has 0 bridgehead atoms. The van der Waals surface area contributed by atoms with E-state index in [4.69, 9.17) is 21.1 Å². The molecule has 0 atom stereocenters. The number of halogens is 1. The molecule has 1 heterocycles. The summed E-state index contributed by atoms with van der Waals surface area (Å²) in [5.74, 6) is 0.487. The Morgan fingerprint density at radius 1 is 1.30 bits per heavy atom. The minimum atomic E-state index is -0.713. The van der Waals surface area contributed by atoms with E-state index in [1.165, 1.54) is 6.21 Å². The molecule has 0 fully saturated rings. The molecule has 11 nitrogen and oxygen atoms in total. The number of benzene rings is 1. The predicted molar refractivity (Wildman–Crippen MR) is 113 cm³/mol. The summed E-state index contributed by atoms with van der Waals surface area (Å²) in [7, 11) is 0. The monoisotopic (exact) mass is 438 g/mol. The van der Waals surface area contributed by atoms with Crippen molar-refractivity contribution in [2.45, 2.75) is 26.7 Å². The Hall–Kier alpha value is -3.34. The van der Waals surface area contributed by atoms with Gasteiger partial charge in [0.15, 0.2) is 11.5 Å². The van der Waals surface area contributed by atoms with Crippen LogP contribution >= 0.6 is 11.6 Å². The zero-order valence-electron chi connectivity index (χ0n) is 16.6. The Kier molecular flexibility index (Phi) is 8.88. The van der Waals surface area contributed by atoms with E-state index in [-0.39, 0.29) is 18.8 Å². The summed E-state index contributed by atoms with van der Waals surface area (Å²) in [4.78, 5) is 36.3. The van der Waals surface area contributed by atoms with Gasteiger partial charge in [-0.25, -0.2) is 15.3 Å². The maximum atomic E-state index is 11.9. The van der Waals surface area contributed by atoms with Gasteiger partial charge < -0.3 is 14.8 Å². The molecule has 0 aliphatic rings. The highest BCUT2D eigenvalue weighted by atomic mass is 35.5. The van der Waals surface area contributed by atoms with E-state index in [9.17, 15) is 14.4 Å². The van der Waals surface area contributed by atoms with Crippen LogP contribution in [0.4, 0.5) is 5.82 Å². The number of aromatic nitrogens is 3. The number of carbonyl (C=O) groups excluding carboxylic acids is 1. The first-order valence-corrected chi connectivity index (χ1v) is 9.66. The Bertz CT molecular complexity index is 1000. The highest BCUT2D eigenvalue weighted by Crippen LogP contribution is 2.36. The van der Waals surface area contributed by atoms with Crippen molar-refractivity contribution >= 4 is 29.5 Å². The molecule has 0 unspecified atom stereocenters. The van der Waals surface area contributed by atoms with Crippen LogP contribution in [-0.2, 0) is 4.79 Å². The molecule has 30 heavy (non-hydrogen) atoms. The summed E-state index contributed by atoms with van der Waals surface area (Å²) in [5, 5.41) is 12.5. The third-order valence-corrected chi connectivity index (χ3v) is 3.82. The lowest BCUT2D eigenvalue weighted by Crippen LogP contribution is -2.28. The summed E-state index contributed by atoms with van der Waals surface area (Å²) in [6.45, 7) is 4.91. The van der Waals surface area contributed by atoms with Crippen molar-refractivity contribution in [2.24, 2.45) is 5.10 Å². The normalized spacial score (nSPS) is 10.8. The van der Waals surface area contributed by atoms with Gasteiger partial charge in [0.2, 0.25) is 11.7 Å². The molecule has 2 rings (SSSR count). The molecule has 4 N–H and O–H groups in total. The first-order valence-electron chi connectivity index (χ1n) is 9.28. The van der Waals surface area contributed by atoms with Crippen LogP contribution in [0.5, 0.6) is 11.5 Å². The summed E-state index contributed by atoms with van der Waals surface area (Å²) in [6.07, 6.45) is 2.28. The second kappa shape index (κ2) is 11.6. The Balaban J connectivity index is 1.91. The van der Waals surface area contributed by atoms with Crippen molar-refractivity contribution in [1.29, 1.82) is 0 Å². The Morgan fingerprint density at radius 3 is 2.80 bits per heavy atom. The van der Waals surface area contributed by atoms with E-state index in [0.29, 0.717) is 35.3 Å². The van der Waals surface area contributed by atoms with Crippen LogP contribution in [0.1, 0.15) is 32.3 Å². The molecule has 1 aromatic heterocycles. The number of nitrogens with one attached hydrogen (secondary N) is 4. The van der Waals surface area contributed by atoms with E-state index in [2.05, 4.69) is 26.0 Å². The number of anilines is 1. The van der Waals surface area contributed by atoms with Crippen molar-refractivity contribution < 1.29 is 14.3 Å². The molecule has 2 aromatic rings. The van der Waals surface area contributed by atoms with Crippen LogP contribution < -0.4 is 31.5 Å². The predicted octanol–water partition coefficient (Wildman–Crippen LogP) is 1.25. The fourth-order valence-electron chi connectivity index (χ4n) is 2.27. The number of hydrazone groups is 1. The first kappa shape index (κ1) is 22.9.